The van der Waals surface area contributed by atoms with Crippen molar-refractivity contribution in [2.75, 3.05) is 0 Å². The highest BCUT2D eigenvalue weighted by Gasteiger charge is 2.23. The van der Waals surface area contributed by atoms with Crippen LogP contribution in [0, 0.1) is 11.6 Å². The average molecular weight is 354 g/mol. The van der Waals surface area contributed by atoms with Crippen LogP contribution in [0.4, 0.5) is 8.78 Å². The third-order valence-electron chi connectivity index (χ3n) is 3.41. The van der Waals surface area contributed by atoms with Gasteiger partial charge in [0.05, 0.1) is 5.69 Å². The van der Waals surface area contributed by atoms with E-state index in [1.807, 2.05) is 13.8 Å². The zero-order chi connectivity index (χ0) is 18.0. The van der Waals surface area contributed by atoms with Crippen molar-refractivity contribution in [3.8, 4) is 0 Å². The molecule has 1 aromatic heterocycles. The summed E-state index contributed by atoms with van der Waals surface area (Å²) >= 11 is 1.23. The molecule has 0 radical (unpaired) electrons. The second kappa shape index (κ2) is 7.34. The van der Waals surface area contributed by atoms with E-state index in [-0.39, 0.29) is 5.92 Å². The number of rotatable bonds is 5. The van der Waals surface area contributed by atoms with Crippen LogP contribution in [-0.4, -0.2) is 15.5 Å². The van der Waals surface area contributed by atoms with Gasteiger partial charge >= 0.3 is 5.97 Å². The standard InChI is InChI=1S/C17H20F2N2O2S/c1-9(2)15-17(24-14-7-12(18)6-13(19)8-14)21(5)16(20-15)10(3)23-11(4)22/h6-10H,1-5H3. The number of esters is 1. The van der Waals surface area contributed by atoms with Crippen molar-refractivity contribution in [3.05, 3.63) is 41.4 Å². The Morgan fingerprint density at radius 2 is 1.79 bits per heavy atom. The molecule has 24 heavy (non-hydrogen) atoms. The molecule has 2 rings (SSSR count). The van der Waals surface area contributed by atoms with Crippen molar-refractivity contribution in [1.82, 2.24) is 9.55 Å². The molecule has 0 N–H and O–H groups in total. The molecule has 1 heterocycles. The van der Waals surface area contributed by atoms with Gasteiger partial charge in [-0.15, -0.1) is 0 Å². The Kier molecular flexibility index (Phi) is 5.64. The minimum atomic E-state index is -0.626. The second-order valence-corrected chi connectivity index (χ2v) is 6.90. The van der Waals surface area contributed by atoms with Gasteiger partial charge in [0.2, 0.25) is 0 Å². The molecule has 7 heteroatoms. The van der Waals surface area contributed by atoms with Crippen molar-refractivity contribution < 1.29 is 18.3 Å². The van der Waals surface area contributed by atoms with Crippen LogP contribution in [0.25, 0.3) is 0 Å². The zero-order valence-corrected chi connectivity index (χ0v) is 15.1. The Hall–Kier alpha value is -1.89. The van der Waals surface area contributed by atoms with Gasteiger partial charge in [-0.2, -0.15) is 0 Å². The summed E-state index contributed by atoms with van der Waals surface area (Å²) < 4.78 is 33.9. The topological polar surface area (TPSA) is 44.1 Å². The first-order valence-electron chi connectivity index (χ1n) is 7.56. The summed E-state index contributed by atoms with van der Waals surface area (Å²) in [5, 5.41) is 0.768. The Morgan fingerprint density at radius 1 is 1.21 bits per heavy atom. The lowest BCUT2D eigenvalue weighted by Crippen LogP contribution is -2.10. The normalized spacial score (nSPS) is 12.5. The molecule has 0 aliphatic carbocycles. The number of hydrogen-bond donors (Lipinski definition) is 0. The molecule has 0 aliphatic rings. The molecule has 4 nitrogen and oxygen atoms in total. The smallest absolute Gasteiger partial charge is 0.303 e. The molecule has 0 spiro atoms. The highest BCUT2D eigenvalue weighted by atomic mass is 32.2. The summed E-state index contributed by atoms with van der Waals surface area (Å²) in [6.45, 7) is 7.05. The lowest BCUT2D eigenvalue weighted by molar-refractivity contribution is -0.146. The highest BCUT2D eigenvalue weighted by Crippen LogP contribution is 2.36. The second-order valence-electron chi connectivity index (χ2n) is 5.83. The number of carbonyl (C=O) groups excluding carboxylic acids is 1. The van der Waals surface area contributed by atoms with E-state index in [1.165, 1.54) is 30.8 Å². The summed E-state index contributed by atoms with van der Waals surface area (Å²) in [4.78, 5) is 16.2. The van der Waals surface area contributed by atoms with Crippen LogP contribution in [0.3, 0.4) is 0 Å². The maximum atomic E-state index is 13.4. The van der Waals surface area contributed by atoms with Gasteiger partial charge in [0.1, 0.15) is 16.7 Å². The van der Waals surface area contributed by atoms with Gasteiger partial charge in [0.25, 0.3) is 0 Å². The van der Waals surface area contributed by atoms with Crippen LogP contribution >= 0.6 is 11.8 Å². The van der Waals surface area contributed by atoms with E-state index in [0.29, 0.717) is 10.7 Å². The van der Waals surface area contributed by atoms with E-state index in [0.717, 1.165) is 16.8 Å². The molecule has 0 saturated heterocycles. The first-order valence-corrected chi connectivity index (χ1v) is 8.38. The van der Waals surface area contributed by atoms with E-state index >= 15 is 0 Å². The minimum Gasteiger partial charge on any atom is -0.455 e. The van der Waals surface area contributed by atoms with Crippen molar-refractivity contribution in [2.24, 2.45) is 7.05 Å². The predicted octanol–water partition coefficient (Wildman–Crippen LogP) is 4.60. The van der Waals surface area contributed by atoms with Crippen molar-refractivity contribution in [3.63, 3.8) is 0 Å². The fraction of sp³-hybridized carbons (Fsp3) is 0.412. The summed E-state index contributed by atoms with van der Waals surface area (Å²) in [6.07, 6.45) is -0.511. The number of ether oxygens (including phenoxy) is 1. The first kappa shape index (κ1) is 18.4. The molecule has 0 aliphatic heterocycles. The number of benzene rings is 1. The van der Waals surface area contributed by atoms with Gasteiger partial charge in [-0.25, -0.2) is 13.8 Å². The van der Waals surface area contributed by atoms with Crippen LogP contribution in [0.1, 0.15) is 51.2 Å². The summed E-state index contributed by atoms with van der Waals surface area (Å²) in [5.41, 5.74) is 0.793. The summed E-state index contributed by atoms with van der Waals surface area (Å²) in [6, 6.07) is 3.39. The molecular weight excluding hydrogens is 334 g/mol. The SMILES string of the molecule is CC(=O)OC(C)c1nc(C(C)C)c(Sc2cc(F)cc(F)c2)n1C. The Morgan fingerprint density at radius 3 is 2.29 bits per heavy atom. The zero-order valence-electron chi connectivity index (χ0n) is 14.3. The largest absolute Gasteiger partial charge is 0.455 e. The molecular formula is C17H20F2N2O2S. The van der Waals surface area contributed by atoms with Gasteiger partial charge in [-0.3, -0.25) is 4.79 Å². The number of halogens is 2. The third kappa shape index (κ3) is 4.14. The maximum absolute atomic E-state index is 13.4. The molecule has 0 saturated carbocycles. The minimum absolute atomic E-state index is 0.107. The lowest BCUT2D eigenvalue weighted by Gasteiger charge is -2.12. The molecule has 130 valence electrons. The fourth-order valence-corrected chi connectivity index (χ4v) is 3.57. The lowest BCUT2D eigenvalue weighted by atomic mass is 10.1. The third-order valence-corrected chi connectivity index (χ3v) is 4.55. The molecule has 1 atom stereocenters. The van der Waals surface area contributed by atoms with E-state index in [9.17, 15) is 13.6 Å². The van der Waals surface area contributed by atoms with Crippen molar-refractivity contribution in [2.45, 2.75) is 49.6 Å². The molecule has 0 bridgehead atoms. The van der Waals surface area contributed by atoms with Crippen molar-refractivity contribution >= 4 is 17.7 Å². The van der Waals surface area contributed by atoms with Crippen molar-refractivity contribution in [1.29, 1.82) is 0 Å². The fourth-order valence-electron chi connectivity index (χ4n) is 2.38. The van der Waals surface area contributed by atoms with Crippen LogP contribution < -0.4 is 0 Å². The number of carbonyl (C=O) groups is 1. The Balaban J connectivity index is 2.44. The number of imidazole rings is 1. The van der Waals surface area contributed by atoms with E-state index < -0.39 is 23.7 Å². The number of aromatic nitrogens is 2. The van der Waals surface area contributed by atoms with Gasteiger partial charge < -0.3 is 9.30 Å². The van der Waals surface area contributed by atoms with E-state index in [4.69, 9.17) is 4.74 Å². The molecule has 1 unspecified atom stereocenters. The van der Waals surface area contributed by atoms with Crippen LogP contribution in [0.15, 0.2) is 28.1 Å². The van der Waals surface area contributed by atoms with Crippen LogP contribution in [-0.2, 0) is 16.6 Å². The van der Waals surface area contributed by atoms with E-state index in [2.05, 4.69) is 4.98 Å². The Labute approximate surface area is 144 Å². The highest BCUT2D eigenvalue weighted by molar-refractivity contribution is 7.99. The molecule has 2 aromatic rings. The predicted molar refractivity (Wildman–Crippen MR) is 88.0 cm³/mol. The molecule has 0 fully saturated rings. The van der Waals surface area contributed by atoms with E-state index in [1.54, 1.807) is 18.5 Å². The Bertz CT molecular complexity index is 739. The van der Waals surface area contributed by atoms with Gasteiger partial charge in [0, 0.05) is 24.9 Å². The maximum Gasteiger partial charge on any atom is 0.303 e. The quantitative estimate of drug-likeness (QED) is 0.736. The first-order chi connectivity index (χ1) is 11.2. The van der Waals surface area contributed by atoms with Gasteiger partial charge in [-0.1, -0.05) is 25.6 Å². The van der Waals surface area contributed by atoms with Gasteiger partial charge in [0.15, 0.2) is 11.9 Å². The summed E-state index contributed by atoms with van der Waals surface area (Å²) in [7, 11) is 1.80. The van der Waals surface area contributed by atoms with Gasteiger partial charge in [-0.05, 0) is 25.0 Å². The van der Waals surface area contributed by atoms with Crippen LogP contribution in [0.2, 0.25) is 0 Å². The molecule has 0 amide bonds. The summed E-state index contributed by atoms with van der Waals surface area (Å²) in [5.74, 6) is -0.944. The average Bonchev–Trinajstić information content (AvgIpc) is 2.74. The number of nitrogens with zero attached hydrogens (tertiary/aromatic N) is 2. The monoisotopic (exact) mass is 354 g/mol. The van der Waals surface area contributed by atoms with Crippen LogP contribution in [0.5, 0.6) is 0 Å². The number of hydrogen-bond acceptors (Lipinski definition) is 4. The molecule has 1 aromatic carbocycles.